The van der Waals surface area contributed by atoms with Gasteiger partial charge < -0.3 is 15.2 Å². The molecule has 8 heteroatoms. The number of hydrogen-bond donors (Lipinski definition) is 2. The Kier molecular flexibility index (Phi) is 5.81. The van der Waals surface area contributed by atoms with Crippen LogP contribution in [-0.4, -0.2) is 20.8 Å². The van der Waals surface area contributed by atoms with Crippen LogP contribution in [0.1, 0.15) is 10.5 Å². The summed E-state index contributed by atoms with van der Waals surface area (Å²) in [5, 5.41) is 16.8. The van der Waals surface area contributed by atoms with Crippen molar-refractivity contribution in [3.8, 4) is 22.9 Å². The van der Waals surface area contributed by atoms with E-state index in [0.717, 1.165) is 15.2 Å². The minimum Gasteiger partial charge on any atom is -0.505 e. The van der Waals surface area contributed by atoms with E-state index in [0.29, 0.717) is 22.9 Å². The number of hydrogen-bond acceptors (Lipinski definition) is 5. The van der Waals surface area contributed by atoms with E-state index in [1.165, 1.54) is 0 Å². The van der Waals surface area contributed by atoms with E-state index in [-0.39, 0.29) is 5.69 Å². The number of benzene rings is 3. The number of amides is 1. The zero-order valence-corrected chi connectivity index (χ0v) is 17.6. The summed E-state index contributed by atoms with van der Waals surface area (Å²) in [5.74, 6) is 0.151. The number of rotatable bonds is 5. The number of nitrogens with one attached hydrogen (secondary N) is 1. The van der Waals surface area contributed by atoms with Gasteiger partial charge in [0.05, 0.1) is 5.69 Å². The minimum atomic E-state index is -0.653. The Hall–Kier alpha value is -3.91. The van der Waals surface area contributed by atoms with Crippen LogP contribution in [0.15, 0.2) is 94.2 Å². The first-order valence-electron chi connectivity index (χ1n) is 9.23. The third-order valence-electron chi connectivity index (χ3n) is 4.29. The summed E-state index contributed by atoms with van der Waals surface area (Å²) in [7, 11) is 0. The zero-order valence-electron chi connectivity index (χ0n) is 16.0. The second kappa shape index (κ2) is 8.85. The average Bonchev–Trinajstić information content (AvgIpc) is 2.77. The Labute approximate surface area is 185 Å². The topological polar surface area (TPSA) is 93.5 Å². The third kappa shape index (κ3) is 4.81. The molecule has 0 bridgehead atoms. The van der Waals surface area contributed by atoms with Crippen LogP contribution in [0.2, 0.25) is 0 Å². The van der Waals surface area contributed by atoms with Gasteiger partial charge in [-0.25, -0.2) is 0 Å². The van der Waals surface area contributed by atoms with Crippen LogP contribution < -0.4 is 15.6 Å². The first kappa shape index (κ1) is 20.4. The highest BCUT2D eigenvalue weighted by molar-refractivity contribution is 9.10. The van der Waals surface area contributed by atoms with Crippen LogP contribution in [0.3, 0.4) is 0 Å². The van der Waals surface area contributed by atoms with Gasteiger partial charge in [-0.15, -0.1) is 0 Å². The standard InChI is InChI=1S/C23H16BrN3O4/c24-15-6-10-17(11-7-15)27-21(29)14-20(28)22(26-27)23(30)25-16-8-12-19(13-9-16)31-18-4-2-1-3-5-18/h1-14,28H,(H,25,30). The van der Waals surface area contributed by atoms with Gasteiger partial charge in [0.1, 0.15) is 11.5 Å². The van der Waals surface area contributed by atoms with Crippen molar-refractivity contribution >= 4 is 27.5 Å². The predicted molar refractivity (Wildman–Crippen MR) is 120 cm³/mol. The summed E-state index contributed by atoms with van der Waals surface area (Å²) in [6.07, 6.45) is 0. The normalized spacial score (nSPS) is 10.5. The van der Waals surface area contributed by atoms with Gasteiger partial charge in [-0.3, -0.25) is 9.59 Å². The van der Waals surface area contributed by atoms with Crippen LogP contribution in [-0.2, 0) is 0 Å². The van der Waals surface area contributed by atoms with Crippen molar-refractivity contribution in [2.75, 3.05) is 5.32 Å². The van der Waals surface area contributed by atoms with Gasteiger partial charge >= 0.3 is 0 Å². The van der Waals surface area contributed by atoms with E-state index >= 15 is 0 Å². The second-order valence-corrected chi connectivity index (χ2v) is 7.41. The summed E-state index contributed by atoms with van der Waals surface area (Å²) in [6, 6.07) is 23.8. The number of carbonyl (C=O) groups is 1. The van der Waals surface area contributed by atoms with Crippen molar-refractivity contribution < 1.29 is 14.6 Å². The third-order valence-corrected chi connectivity index (χ3v) is 4.82. The van der Waals surface area contributed by atoms with E-state index in [1.807, 2.05) is 30.3 Å². The van der Waals surface area contributed by atoms with Crippen LogP contribution in [0, 0.1) is 0 Å². The first-order valence-corrected chi connectivity index (χ1v) is 10.0. The largest absolute Gasteiger partial charge is 0.505 e. The lowest BCUT2D eigenvalue weighted by Gasteiger charge is -2.10. The highest BCUT2D eigenvalue weighted by atomic mass is 79.9. The van der Waals surface area contributed by atoms with Crippen molar-refractivity contribution in [2.45, 2.75) is 0 Å². The van der Waals surface area contributed by atoms with Gasteiger partial charge in [-0.2, -0.15) is 9.78 Å². The minimum absolute atomic E-state index is 0.271. The molecule has 0 saturated heterocycles. The molecule has 0 atom stereocenters. The maximum absolute atomic E-state index is 12.7. The number of ether oxygens (including phenoxy) is 1. The summed E-state index contributed by atoms with van der Waals surface area (Å²) in [6.45, 7) is 0. The molecule has 0 aliphatic carbocycles. The number of para-hydroxylation sites is 1. The van der Waals surface area contributed by atoms with E-state index < -0.39 is 17.2 Å². The van der Waals surface area contributed by atoms with E-state index in [4.69, 9.17) is 4.74 Å². The number of nitrogens with zero attached hydrogens (tertiary/aromatic N) is 2. The maximum atomic E-state index is 12.7. The number of halogens is 1. The molecule has 3 aromatic carbocycles. The van der Waals surface area contributed by atoms with Gasteiger partial charge in [0, 0.05) is 16.2 Å². The fraction of sp³-hybridized carbons (Fsp3) is 0. The van der Waals surface area contributed by atoms with Crippen LogP contribution in [0.4, 0.5) is 5.69 Å². The molecule has 1 amide bonds. The van der Waals surface area contributed by atoms with Crippen molar-refractivity contribution in [2.24, 2.45) is 0 Å². The molecule has 1 heterocycles. The molecule has 0 aliphatic heterocycles. The molecule has 2 N–H and O–H groups in total. The van der Waals surface area contributed by atoms with Crippen LogP contribution >= 0.6 is 15.9 Å². The Morgan fingerprint density at radius 3 is 2.26 bits per heavy atom. The Morgan fingerprint density at radius 2 is 1.58 bits per heavy atom. The number of carbonyl (C=O) groups excluding carboxylic acids is 1. The highest BCUT2D eigenvalue weighted by Gasteiger charge is 2.17. The summed E-state index contributed by atoms with van der Waals surface area (Å²) < 4.78 is 7.61. The Morgan fingerprint density at radius 1 is 0.935 bits per heavy atom. The predicted octanol–water partition coefficient (Wildman–Crippen LogP) is 4.75. The van der Waals surface area contributed by atoms with E-state index in [1.54, 1.807) is 48.5 Å². The fourth-order valence-electron chi connectivity index (χ4n) is 2.80. The zero-order chi connectivity index (χ0) is 21.8. The molecule has 4 aromatic rings. The number of anilines is 1. The van der Waals surface area contributed by atoms with Crippen LogP contribution in [0.5, 0.6) is 17.2 Å². The molecule has 0 unspecified atom stereocenters. The average molecular weight is 478 g/mol. The molecular weight excluding hydrogens is 462 g/mol. The number of aromatic nitrogens is 2. The fourth-order valence-corrected chi connectivity index (χ4v) is 3.06. The molecule has 31 heavy (non-hydrogen) atoms. The van der Waals surface area contributed by atoms with Crippen molar-refractivity contribution in [3.63, 3.8) is 0 Å². The smallest absolute Gasteiger partial charge is 0.279 e. The maximum Gasteiger partial charge on any atom is 0.279 e. The molecule has 154 valence electrons. The molecule has 7 nitrogen and oxygen atoms in total. The summed E-state index contributed by atoms with van der Waals surface area (Å²) >= 11 is 3.33. The highest BCUT2D eigenvalue weighted by Crippen LogP contribution is 2.23. The summed E-state index contributed by atoms with van der Waals surface area (Å²) in [5.41, 5.74) is 0.114. The lowest BCUT2D eigenvalue weighted by molar-refractivity contribution is 0.101. The molecule has 0 saturated carbocycles. The van der Waals surface area contributed by atoms with Gasteiger partial charge in [0.15, 0.2) is 11.4 Å². The molecule has 1 aromatic heterocycles. The van der Waals surface area contributed by atoms with Crippen molar-refractivity contribution in [3.05, 3.63) is 105 Å². The second-order valence-electron chi connectivity index (χ2n) is 6.50. The molecule has 0 fully saturated rings. The molecule has 0 spiro atoms. The molecule has 0 radical (unpaired) electrons. The molecule has 0 aliphatic rings. The van der Waals surface area contributed by atoms with Gasteiger partial charge in [-0.05, 0) is 60.7 Å². The lowest BCUT2D eigenvalue weighted by atomic mass is 10.2. The molecular formula is C23H16BrN3O4. The Balaban J connectivity index is 1.53. The van der Waals surface area contributed by atoms with Crippen LogP contribution in [0.25, 0.3) is 5.69 Å². The van der Waals surface area contributed by atoms with Crippen molar-refractivity contribution in [1.82, 2.24) is 9.78 Å². The first-order chi connectivity index (χ1) is 15.0. The van der Waals surface area contributed by atoms with E-state index in [2.05, 4.69) is 26.3 Å². The van der Waals surface area contributed by atoms with Gasteiger partial charge in [0.25, 0.3) is 11.5 Å². The summed E-state index contributed by atoms with van der Waals surface area (Å²) in [4.78, 5) is 24.9. The number of aromatic hydroxyl groups is 1. The molecule has 4 rings (SSSR count). The SMILES string of the molecule is O=C(Nc1ccc(Oc2ccccc2)cc1)c1nn(-c2ccc(Br)cc2)c(=O)cc1O. The quantitative estimate of drug-likeness (QED) is 0.432. The Bertz CT molecular complexity index is 1270. The van der Waals surface area contributed by atoms with E-state index in [9.17, 15) is 14.7 Å². The monoisotopic (exact) mass is 477 g/mol. The van der Waals surface area contributed by atoms with Gasteiger partial charge in [0.2, 0.25) is 0 Å². The van der Waals surface area contributed by atoms with Gasteiger partial charge in [-0.1, -0.05) is 34.1 Å². The van der Waals surface area contributed by atoms with Crippen molar-refractivity contribution in [1.29, 1.82) is 0 Å². The lowest BCUT2D eigenvalue weighted by Crippen LogP contribution is -2.25.